The van der Waals surface area contributed by atoms with Crippen molar-refractivity contribution in [1.82, 2.24) is 15.5 Å². The highest BCUT2D eigenvalue weighted by Gasteiger charge is 2.25. The number of aryl methyl sites for hydroxylation is 1. The first-order valence-electron chi connectivity index (χ1n) is 17.1. The third-order valence-corrected chi connectivity index (χ3v) is 9.36. The molecule has 0 bridgehead atoms. The zero-order valence-electron chi connectivity index (χ0n) is 27.6. The molecular weight excluding hydrogens is 504 g/mol. The maximum atomic E-state index is 6.45. The van der Waals surface area contributed by atoms with Gasteiger partial charge in [-0.2, -0.15) is 0 Å². The van der Waals surface area contributed by atoms with E-state index in [0.717, 1.165) is 32.0 Å². The van der Waals surface area contributed by atoms with Crippen LogP contribution in [0, 0.1) is 12.8 Å². The molecule has 6 heteroatoms. The SMILES string of the molecule is CCCCN(CC)c1cc(C)c(N(C)CCC)c(C[C@H]2CC[C@@H](NC(N)N/C=C(\C)CCCN3CCCC3)CC2)c1. The molecule has 2 fully saturated rings. The van der Waals surface area contributed by atoms with Crippen molar-refractivity contribution in [3.05, 3.63) is 35.0 Å². The number of likely N-dealkylation sites (tertiary alicyclic amines) is 1. The molecular formula is C35H64N6. The number of unbranched alkanes of at least 4 members (excludes halogenated alkanes) is 1. The van der Waals surface area contributed by atoms with Crippen LogP contribution in [0.25, 0.3) is 0 Å². The Hall–Kier alpha value is -1.76. The van der Waals surface area contributed by atoms with Crippen molar-refractivity contribution >= 4 is 11.4 Å². The second kappa shape index (κ2) is 18.0. The van der Waals surface area contributed by atoms with E-state index in [2.05, 4.69) is 85.3 Å². The Kier molecular flexibility index (Phi) is 14.8. The van der Waals surface area contributed by atoms with Crippen molar-refractivity contribution in [3.63, 3.8) is 0 Å². The lowest BCUT2D eigenvalue weighted by molar-refractivity contribution is 0.266. The van der Waals surface area contributed by atoms with Gasteiger partial charge in [0.25, 0.3) is 0 Å². The molecule has 1 aromatic rings. The lowest BCUT2D eigenvalue weighted by atomic mass is 9.81. The zero-order valence-corrected chi connectivity index (χ0v) is 27.6. The van der Waals surface area contributed by atoms with Gasteiger partial charge >= 0.3 is 0 Å². The van der Waals surface area contributed by atoms with Gasteiger partial charge in [-0.25, -0.2) is 0 Å². The molecule has 0 aromatic heterocycles. The highest BCUT2D eigenvalue weighted by molar-refractivity contribution is 5.66. The third-order valence-electron chi connectivity index (χ3n) is 9.36. The minimum absolute atomic E-state index is 0.179. The van der Waals surface area contributed by atoms with E-state index in [4.69, 9.17) is 5.73 Å². The standard InChI is InChI=1S/C35H64N6/c1-7-10-23-41(9-3)33-24-29(5)34(39(6)19-8-2)31(26-33)25-30-15-17-32(18-16-30)38-35(36)37-27-28(4)14-13-22-40-20-11-12-21-40/h24,26-27,30,32,35,37-38H,7-23,25,36H2,1-6H3/b28-27+/t30-,32+,35?. The summed E-state index contributed by atoms with van der Waals surface area (Å²) in [4.78, 5) is 7.67. The van der Waals surface area contributed by atoms with E-state index in [1.807, 2.05) is 0 Å². The number of nitrogens with one attached hydrogen (secondary N) is 2. The van der Waals surface area contributed by atoms with Crippen LogP contribution < -0.4 is 26.2 Å². The second-order valence-corrected chi connectivity index (χ2v) is 13.0. The molecule has 41 heavy (non-hydrogen) atoms. The summed E-state index contributed by atoms with van der Waals surface area (Å²) in [6.45, 7) is 18.5. The van der Waals surface area contributed by atoms with Gasteiger partial charge in [0.1, 0.15) is 6.29 Å². The van der Waals surface area contributed by atoms with Gasteiger partial charge in [0.05, 0.1) is 0 Å². The maximum absolute atomic E-state index is 6.45. The minimum atomic E-state index is -0.179. The second-order valence-electron chi connectivity index (χ2n) is 13.0. The Balaban J connectivity index is 1.52. The number of anilines is 2. The largest absolute Gasteiger partial charge is 0.374 e. The normalized spacial score (nSPS) is 20.8. The maximum Gasteiger partial charge on any atom is 0.129 e. The molecule has 234 valence electrons. The summed E-state index contributed by atoms with van der Waals surface area (Å²) >= 11 is 0. The number of allylic oxidation sites excluding steroid dienone is 1. The molecule has 3 rings (SSSR count). The van der Waals surface area contributed by atoms with Crippen LogP contribution in [0.3, 0.4) is 0 Å². The molecule has 1 aliphatic carbocycles. The van der Waals surface area contributed by atoms with E-state index in [1.54, 1.807) is 5.56 Å². The Morgan fingerprint density at radius 1 is 1.05 bits per heavy atom. The topological polar surface area (TPSA) is 59.8 Å². The highest BCUT2D eigenvalue weighted by Crippen LogP contribution is 2.35. The lowest BCUT2D eigenvalue weighted by Crippen LogP contribution is -2.52. The van der Waals surface area contributed by atoms with E-state index in [9.17, 15) is 0 Å². The van der Waals surface area contributed by atoms with Crippen molar-refractivity contribution in [2.75, 3.05) is 56.1 Å². The Morgan fingerprint density at radius 3 is 2.44 bits per heavy atom. The summed E-state index contributed by atoms with van der Waals surface area (Å²) in [7, 11) is 2.28. The quantitative estimate of drug-likeness (QED) is 0.170. The van der Waals surface area contributed by atoms with Crippen molar-refractivity contribution in [2.24, 2.45) is 11.7 Å². The average Bonchev–Trinajstić information content (AvgIpc) is 3.47. The van der Waals surface area contributed by atoms with Crippen molar-refractivity contribution in [3.8, 4) is 0 Å². The number of nitrogens with two attached hydrogens (primary N) is 1. The summed E-state index contributed by atoms with van der Waals surface area (Å²) in [6.07, 6.45) is 16.9. The highest BCUT2D eigenvalue weighted by atomic mass is 15.2. The molecule has 1 atom stereocenters. The minimum Gasteiger partial charge on any atom is -0.374 e. The first kappa shape index (κ1) is 33.7. The molecule has 0 amide bonds. The van der Waals surface area contributed by atoms with Crippen LogP contribution in [0.1, 0.15) is 109 Å². The first-order valence-corrected chi connectivity index (χ1v) is 17.1. The molecule has 6 nitrogen and oxygen atoms in total. The fourth-order valence-corrected chi connectivity index (χ4v) is 7.02. The zero-order chi connectivity index (χ0) is 29.6. The number of nitrogens with zero attached hydrogens (tertiary/aromatic N) is 3. The summed E-state index contributed by atoms with van der Waals surface area (Å²) < 4.78 is 0. The van der Waals surface area contributed by atoms with Crippen LogP contribution in [-0.4, -0.2) is 63.5 Å². The molecule has 4 N–H and O–H groups in total. The third kappa shape index (κ3) is 11.1. The van der Waals surface area contributed by atoms with Crippen molar-refractivity contribution < 1.29 is 0 Å². The van der Waals surface area contributed by atoms with Gasteiger partial charge in [-0.15, -0.1) is 0 Å². The summed E-state index contributed by atoms with van der Waals surface area (Å²) in [5.74, 6) is 0.740. The van der Waals surface area contributed by atoms with Gasteiger partial charge in [0, 0.05) is 44.1 Å². The monoisotopic (exact) mass is 569 g/mol. The number of hydrogen-bond acceptors (Lipinski definition) is 6. The number of benzene rings is 1. The molecule has 1 unspecified atom stereocenters. The predicted octanol–water partition coefficient (Wildman–Crippen LogP) is 6.77. The number of hydrogen-bond donors (Lipinski definition) is 3. The smallest absolute Gasteiger partial charge is 0.129 e. The summed E-state index contributed by atoms with van der Waals surface area (Å²) in [5.41, 5.74) is 13.7. The van der Waals surface area contributed by atoms with Gasteiger partial charge in [0.15, 0.2) is 0 Å². The van der Waals surface area contributed by atoms with E-state index in [0.29, 0.717) is 6.04 Å². The molecule has 2 aliphatic rings. The van der Waals surface area contributed by atoms with E-state index < -0.39 is 0 Å². The molecule has 1 aliphatic heterocycles. The molecule has 0 spiro atoms. The fraction of sp³-hybridized carbons (Fsp3) is 0.771. The molecule has 1 saturated carbocycles. The molecule has 1 saturated heterocycles. The van der Waals surface area contributed by atoms with Gasteiger partial charge in [-0.1, -0.05) is 25.8 Å². The van der Waals surface area contributed by atoms with Gasteiger partial charge < -0.3 is 20.0 Å². The number of rotatable bonds is 18. The van der Waals surface area contributed by atoms with Crippen molar-refractivity contribution in [2.45, 2.75) is 124 Å². The van der Waals surface area contributed by atoms with Crippen LogP contribution in [0.4, 0.5) is 11.4 Å². The van der Waals surface area contributed by atoms with Crippen LogP contribution in [0.15, 0.2) is 23.9 Å². The molecule has 1 heterocycles. The lowest BCUT2D eigenvalue weighted by Gasteiger charge is -2.33. The van der Waals surface area contributed by atoms with Gasteiger partial charge in [-0.05, 0) is 146 Å². The predicted molar refractivity (Wildman–Crippen MR) is 180 cm³/mol. The van der Waals surface area contributed by atoms with E-state index in [1.165, 1.54) is 113 Å². The van der Waals surface area contributed by atoms with E-state index in [-0.39, 0.29) is 6.29 Å². The summed E-state index contributed by atoms with van der Waals surface area (Å²) in [6, 6.07) is 5.46. The van der Waals surface area contributed by atoms with Crippen LogP contribution in [0.2, 0.25) is 0 Å². The molecule has 1 aromatic carbocycles. The van der Waals surface area contributed by atoms with E-state index >= 15 is 0 Å². The van der Waals surface area contributed by atoms with Gasteiger partial charge in [-0.3, -0.25) is 11.1 Å². The van der Waals surface area contributed by atoms with Crippen LogP contribution in [-0.2, 0) is 6.42 Å². The van der Waals surface area contributed by atoms with Crippen LogP contribution >= 0.6 is 0 Å². The van der Waals surface area contributed by atoms with Crippen molar-refractivity contribution in [1.29, 1.82) is 0 Å². The fourth-order valence-electron chi connectivity index (χ4n) is 7.02. The van der Waals surface area contributed by atoms with Gasteiger partial charge in [0.2, 0.25) is 0 Å². The summed E-state index contributed by atoms with van der Waals surface area (Å²) in [5, 5.41) is 7.08. The first-order chi connectivity index (χ1) is 19.8. The average molecular weight is 569 g/mol. The molecule has 0 radical (unpaired) electrons. The Labute approximate surface area is 253 Å². The Bertz CT molecular complexity index is 900. The Morgan fingerprint density at radius 2 is 1.78 bits per heavy atom. The van der Waals surface area contributed by atoms with Crippen LogP contribution in [0.5, 0.6) is 0 Å².